The number of nitrogens with one attached hydrogen (secondary N) is 1. The summed E-state index contributed by atoms with van der Waals surface area (Å²) in [5.41, 5.74) is 3.58. The van der Waals surface area contributed by atoms with Gasteiger partial charge in [-0.15, -0.1) is 0 Å². The molecule has 4 amide bonds. The van der Waals surface area contributed by atoms with Crippen LogP contribution in [-0.2, 0) is 16.2 Å². The summed E-state index contributed by atoms with van der Waals surface area (Å²) in [6, 6.07) is 19.4. The van der Waals surface area contributed by atoms with Crippen molar-refractivity contribution < 1.29 is 23.9 Å². The molecule has 1 aliphatic heterocycles. The van der Waals surface area contributed by atoms with Crippen molar-refractivity contribution in [2.24, 2.45) is 0 Å². The number of carbonyl (C=O) groups is 3. The molecule has 0 aromatic heterocycles. The molecule has 0 radical (unpaired) electrons. The van der Waals surface area contributed by atoms with Crippen LogP contribution in [0.2, 0.25) is 0 Å². The lowest BCUT2D eigenvalue weighted by Gasteiger charge is -2.27. The monoisotopic (exact) mass is 456 g/mol. The second kappa shape index (κ2) is 9.62. The van der Waals surface area contributed by atoms with Gasteiger partial charge in [0.15, 0.2) is 11.5 Å². The predicted molar refractivity (Wildman–Crippen MR) is 129 cm³/mol. The normalized spacial score (nSPS) is 14.9. The van der Waals surface area contributed by atoms with Crippen LogP contribution in [0.5, 0.6) is 11.5 Å². The first kappa shape index (κ1) is 22.8. The van der Waals surface area contributed by atoms with Gasteiger partial charge in [-0.25, -0.2) is 9.69 Å². The summed E-state index contributed by atoms with van der Waals surface area (Å²) in [7, 11) is 1.51. The van der Waals surface area contributed by atoms with Crippen molar-refractivity contribution in [2.45, 2.75) is 20.5 Å². The van der Waals surface area contributed by atoms with E-state index in [2.05, 4.69) is 5.32 Å². The molecule has 7 nitrogen and oxygen atoms in total. The molecule has 0 unspecified atom stereocenters. The lowest BCUT2D eigenvalue weighted by atomic mass is 10.0. The van der Waals surface area contributed by atoms with Gasteiger partial charge >= 0.3 is 6.03 Å². The fourth-order valence-electron chi connectivity index (χ4n) is 3.73. The van der Waals surface area contributed by atoms with Crippen LogP contribution in [-0.4, -0.2) is 25.0 Å². The molecule has 4 rings (SSSR count). The lowest BCUT2D eigenvalue weighted by molar-refractivity contribution is -0.122. The number of anilines is 1. The molecule has 1 saturated heterocycles. The minimum absolute atomic E-state index is 0.153. The molecule has 1 fully saturated rings. The SMILES string of the molecule is COc1cc(/C=C2\C(=O)NC(=O)N(c3ccc(C)cc3C)C2=O)ccc1OCc1ccccc1. The summed E-state index contributed by atoms with van der Waals surface area (Å²) in [5.74, 6) is -0.459. The number of carbonyl (C=O) groups excluding carboxylic acids is 3. The highest BCUT2D eigenvalue weighted by atomic mass is 16.5. The Bertz CT molecular complexity index is 1300. The summed E-state index contributed by atoms with van der Waals surface area (Å²) in [6.45, 7) is 4.09. The Balaban J connectivity index is 1.62. The molecule has 172 valence electrons. The van der Waals surface area contributed by atoms with Crippen LogP contribution in [0.1, 0.15) is 22.3 Å². The largest absolute Gasteiger partial charge is 0.493 e. The van der Waals surface area contributed by atoms with Crippen molar-refractivity contribution in [2.75, 3.05) is 12.0 Å². The number of benzene rings is 3. The summed E-state index contributed by atoms with van der Waals surface area (Å²) in [5, 5.41) is 2.25. The van der Waals surface area contributed by atoms with Crippen molar-refractivity contribution >= 4 is 29.6 Å². The van der Waals surface area contributed by atoms with E-state index in [1.165, 1.54) is 13.2 Å². The summed E-state index contributed by atoms with van der Waals surface area (Å²) in [6.07, 6.45) is 1.43. The van der Waals surface area contributed by atoms with E-state index in [9.17, 15) is 14.4 Å². The zero-order valence-electron chi connectivity index (χ0n) is 19.1. The Kier molecular flexibility index (Phi) is 6.45. The highest BCUT2D eigenvalue weighted by Crippen LogP contribution is 2.31. The number of hydrogen-bond acceptors (Lipinski definition) is 5. The van der Waals surface area contributed by atoms with E-state index in [1.54, 1.807) is 24.3 Å². The zero-order chi connectivity index (χ0) is 24.2. The molecule has 0 spiro atoms. The van der Waals surface area contributed by atoms with Gasteiger partial charge in [-0.2, -0.15) is 0 Å². The van der Waals surface area contributed by atoms with E-state index in [-0.39, 0.29) is 5.57 Å². The molecule has 0 atom stereocenters. The maximum absolute atomic E-state index is 13.2. The number of aryl methyl sites for hydroxylation is 2. The molecule has 0 saturated carbocycles. The molecule has 1 N–H and O–H groups in total. The summed E-state index contributed by atoms with van der Waals surface area (Å²) >= 11 is 0. The molecule has 34 heavy (non-hydrogen) atoms. The van der Waals surface area contributed by atoms with Crippen LogP contribution >= 0.6 is 0 Å². The number of barbiturate groups is 1. The number of hydrogen-bond donors (Lipinski definition) is 1. The van der Waals surface area contributed by atoms with E-state index >= 15 is 0 Å². The van der Waals surface area contributed by atoms with Gasteiger partial charge in [0, 0.05) is 0 Å². The fourth-order valence-corrected chi connectivity index (χ4v) is 3.73. The molecular weight excluding hydrogens is 432 g/mol. The number of ether oxygens (including phenoxy) is 2. The van der Waals surface area contributed by atoms with Crippen molar-refractivity contribution in [3.05, 3.63) is 94.6 Å². The number of urea groups is 1. The number of imide groups is 2. The second-order valence-electron chi connectivity index (χ2n) is 7.93. The van der Waals surface area contributed by atoms with Crippen LogP contribution in [0.15, 0.2) is 72.3 Å². The summed E-state index contributed by atoms with van der Waals surface area (Å²) in [4.78, 5) is 39.2. The number of methoxy groups -OCH3 is 1. The highest BCUT2D eigenvalue weighted by Gasteiger charge is 2.37. The zero-order valence-corrected chi connectivity index (χ0v) is 19.1. The van der Waals surface area contributed by atoms with Gasteiger partial charge in [0.1, 0.15) is 12.2 Å². The van der Waals surface area contributed by atoms with E-state index in [4.69, 9.17) is 9.47 Å². The first-order valence-corrected chi connectivity index (χ1v) is 10.7. The van der Waals surface area contributed by atoms with Crippen molar-refractivity contribution in [1.29, 1.82) is 0 Å². The van der Waals surface area contributed by atoms with Crippen molar-refractivity contribution in [3.8, 4) is 11.5 Å². The fraction of sp³-hybridized carbons (Fsp3) is 0.148. The molecule has 3 aromatic rings. The minimum Gasteiger partial charge on any atom is -0.493 e. The average Bonchev–Trinajstić information content (AvgIpc) is 2.82. The topological polar surface area (TPSA) is 84.9 Å². The van der Waals surface area contributed by atoms with Crippen molar-refractivity contribution in [3.63, 3.8) is 0 Å². The van der Waals surface area contributed by atoms with Crippen LogP contribution < -0.4 is 19.7 Å². The molecule has 7 heteroatoms. The Labute approximate surface area is 197 Å². The van der Waals surface area contributed by atoms with Crippen LogP contribution in [0.4, 0.5) is 10.5 Å². The molecule has 0 aliphatic carbocycles. The van der Waals surface area contributed by atoms with Gasteiger partial charge in [0.25, 0.3) is 11.8 Å². The van der Waals surface area contributed by atoms with Gasteiger partial charge in [0.2, 0.25) is 0 Å². The number of amides is 4. The third kappa shape index (κ3) is 4.68. The van der Waals surface area contributed by atoms with Gasteiger partial charge in [0.05, 0.1) is 12.8 Å². The van der Waals surface area contributed by atoms with Gasteiger partial charge in [-0.1, -0.05) is 54.1 Å². The standard InChI is InChI=1S/C27H24N2O5/c1-17-9-11-22(18(2)13-17)29-26(31)21(25(30)28-27(29)32)14-20-10-12-23(24(15-20)33-3)34-16-19-7-5-4-6-8-19/h4-15H,16H2,1-3H3,(H,28,30,32)/b21-14+. The Hall–Kier alpha value is -4.39. The second-order valence-corrected chi connectivity index (χ2v) is 7.93. The first-order chi connectivity index (χ1) is 16.4. The minimum atomic E-state index is -0.777. The van der Waals surface area contributed by atoms with Crippen LogP contribution in [0.3, 0.4) is 0 Å². The van der Waals surface area contributed by atoms with Gasteiger partial charge < -0.3 is 9.47 Å². The molecular formula is C27H24N2O5. The maximum atomic E-state index is 13.2. The van der Waals surface area contributed by atoms with Gasteiger partial charge in [-0.3, -0.25) is 14.9 Å². The number of nitrogens with zero attached hydrogens (tertiary/aromatic N) is 1. The lowest BCUT2D eigenvalue weighted by Crippen LogP contribution is -2.54. The summed E-state index contributed by atoms with van der Waals surface area (Å²) < 4.78 is 11.3. The molecule has 0 bridgehead atoms. The first-order valence-electron chi connectivity index (χ1n) is 10.7. The Morgan fingerprint density at radius 1 is 0.912 bits per heavy atom. The van der Waals surface area contributed by atoms with Crippen molar-refractivity contribution in [1.82, 2.24) is 5.32 Å². The van der Waals surface area contributed by atoms with E-state index in [0.717, 1.165) is 21.6 Å². The molecule has 1 heterocycles. The third-order valence-corrected chi connectivity index (χ3v) is 5.43. The van der Waals surface area contributed by atoms with E-state index < -0.39 is 17.8 Å². The number of rotatable bonds is 6. The Morgan fingerprint density at radius 3 is 2.38 bits per heavy atom. The van der Waals surface area contributed by atoms with Crippen LogP contribution in [0.25, 0.3) is 6.08 Å². The maximum Gasteiger partial charge on any atom is 0.335 e. The highest BCUT2D eigenvalue weighted by molar-refractivity contribution is 6.39. The van der Waals surface area contributed by atoms with Crippen LogP contribution in [0, 0.1) is 13.8 Å². The molecule has 1 aliphatic rings. The van der Waals surface area contributed by atoms with E-state index in [1.807, 2.05) is 56.3 Å². The van der Waals surface area contributed by atoms with Gasteiger partial charge in [-0.05, 0) is 54.8 Å². The smallest absolute Gasteiger partial charge is 0.335 e. The molecule has 3 aromatic carbocycles. The predicted octanol–water partition coefficient (Wildman–Crippen LogP) is 4.56. The quantitative estimate of drug-likeness (QED) is 0.434. The Morgan fingerprint density at radius 2 is 1.68 bits per heavy atom. The van der Waals surface area contributed by atoms with E-state index in [0.29, 0.717) is 29.4 Å². The third-order valence-electron chi connectivity index (χ3n) is 5.43. The average molecular weight is 456 g/mol.